The van der Waals surface area contributed by atoms with Crippen molar-refractivity contribution in [2.24, 2.45) is 0 Å². The number of hydrogen-bond donors (Lipinski definition) is 0. The molecular weight excluding hydrogens is 784 g/mol. The van der Waals surface area contributed by atoms with Gasteiger partial charge in [-0.05, 0) is 93.4 Å². The molecule has 0 atom stereocenters. The van der Waals surface area contributed by atoms with Crippen molar-refractivity contribution in [2.75, 3.05) is 0 Å². The van der Waals surface area contributed by atoms with Gasteiger partial charge in [0.15, 0.2) is 0 Å². The normalized spacial score (nSPS) is 11.9. The average molecular weight is 812 g/mol. The Morgan fingerprint density at radius 1 is 0.312 bits per heavy atom. The molecule has 0 bridgehead atoms. The number of fused-ring (bicyclic) bond motifs is 9. The van der Waals surface area contributed by atoms with E-state index in [9.17, 15) is 0 Å². The Morgan fingerprint density at radius 3 is 1.55 bits per heavy atom. The quantitative estimate of drug-likeness (QED) is 0.169. The average Bonchev–Trinajstić information content (AvgIpc) is 4.00. The number of rotatable bonds is 5. The summed E-state index contributed by atoms with van der Waals surface area (Å²) in [6.07, 6.45) is 0. The van der Waals surface area contributed by atoms with Gasteiger partial charge in [-0.2, -0.15) is 0 Å². The van der Waals surface area contributed by atoms with Crippen LogP contribution >= 0.6 is 11.3 Å². The van der Waals surface area contributed by atoms with E-state index in [1.165, 1.54) is 10.1 Å². The van der Waals surface area contributed by atoms with Crippen LogP contribution in [-0.4, -0.2) is 64.1 Å². The lowest BCUT2D eigenvalue weighted by molar-refractivity contribution is 1.18. The molecule has 0 saturated carbocycles. The van der Waals surface area contributed by atoms with E-state index in [0.717, 1.165) is 71.1 Å². The second-order valence-corrected chi connectivity index (χ2v) is 17.5. The minimum Gasteiger partial charge on any atom is -0.310 e. The Balaban J connectivity index is 1.13. The van der Waals surface area contributed by atoms with Crippen molar-refractivity contribution in [1.82, 2.24) is 9.13 Å². The number of hydrogen-bond acceptors (Lipinski definition) is 1. The predicted molar refractivity (Wildman–Crippen MR) is 282 cm³/mol. The molecule has 0 fully saturated rings. The van der Waals surface area contributed by atoms with Crippen LogP contribution in [0.4, 0.5) is 0 Å². The van der Waals surface area contributed by atoms with Crippen molar-refractivity contribution in [3.05, 3.63) is 164 Å². The van der Waals surface area contributed by atoms with E-state index in [1.54, 1.807) is 11.3 Å². The van der Waals surface area contributed by atoms with Crippen molar-refractivity contribution in [1.29, 1.82) is 0 Å². The van der Waals surface area contributed by atoms with Crippen LogP contribution in [0, 0.1) is 0 Å². The number of benzene rings is 9. The van der Waals surface area contributed by atoms with Gasteiger partial charge in [0.1, 0.15) is 54.9 Å². The fourth-order valence-corrected chi connectivity index (χ4v) is 11.0. The smallest absolute Gasteiger partial charge is 0.115 e. The number of thiophene rings is 1. The zero-order valence-corrected chi connectivity index (χ0v) is 35.2. The van der Waals surface area contributed by atoms with Gasteiger partial charge in [0.25, 0.3) is 0 Å². The molecule has 14 radical (unpaired) electrons. The SMILES string of the molecule is [B]c1c([B])c([B])c2c(c1[B])c1c([B])c(-c3ccc4c(c3)c3cc(-c5ccccc5)ccc3n4-c3cccc(-c4ccccc4)c3)c([B])c([B])c1n2-c1ccc2c(c1)sc1ccccc12. The van der Waals surface area contributed by atoms with Crippen molar-refractivity contribution in [2.45, 2.75) is 0 Å². The van der Waals surface area contributed by atoms with Crippen LogP contribution in [0.2, 0.25) is 0 Å². The molecule has 0 amide bonds. The fourth-order valence-electron chi connectivity index (χ4n) is 9.84. The van der Waals surface area contributed by atoms with E-state index in [0.29, 0.717) is 43.8 Å². The standard InChI is InChI=1S/C54H27B7N2S/c55-46-43(47(56)51(60)53-44(46)45-48(57)49(58)50(59)52(61)54(45)63(53)34-20-21-36-35-16-7-8-17-41(35)64-42(36)27-34)32-19-23-40-38(26-32)37-25-31(29-12-5-2-6-13-29)18-22-39(37)62(40)33-15-9-14-30(24-33)28-10-3-1-4-11-28/h1-27H. The van der Waals surface area contributed by atoms with Crippen molar-refractivity contribution >= 4 is 168 Å². The highest BCUT2D eigenvalue weighted by Crippen LogP contribution is 2.40. The highest BCUT2D eigenvalue weighted by atomic mass is 32.1. The second-order valence-electron chi connectivity index (χ2n) is 16.4. The zero-order chi connectivity index (χ0) is 43.5. The first-order valence-corrected chi connectivity index (χ1v) is 21.8. The van der Waals surface area contributed by atoms with Crippen LogP contribution in [0.25, 0.3) is 109 Å². The molecule has 0 unspecified atom stereocenters. The first kappa shape index (κ1) is 38.9. The van der Waals surface area contributed by atoms with Crippen LogP contribution in [0.1, 0.15) is 0 Å². The van der Waals surface area contributed by atoms with Crippen LogP contribution in [0.3, 0.4) is 0 Å². The van der Waals surface area contributed by atoms with Gasteiger partial charge in [0.05, 0.1) is 11.0 Å². The molecule has 2 nitrogen and oxygen atoms in total. The summed E-state index contributed by atoms with van der Waals surface area (Å²) in [6.45, 7) is 0. The molecule has 12 aromatic rings. The second kappa shape index (κ2) is 14.7. The Kier molecular flexibility index (Phi) is 8.91. The number of nitrogens with zero attached hydrogens (tertiary/aromatic N) is 2. The summed E-state index contributed by atoms with van der Waals surface area (Å²) < 4.78 is 6.58. The van der Waals surface area contributed by atoms with Crippen LogP contribution < -0.4 is 38.2 Å². The van der Waals surface area contributed by atoms with E-state index >= 15 is 0 Å². The van der Waals surface area contributed by atoms with Crippen LogP contribution in [0.5, 0.6) is 0 Å². The molecule has 9 aromatic carbocycles. The van der Waals surface area contributed by atoms with Crippen molar-refractivity contribution in [3.63, 3.8) is 0 Å². The maximum atomic E-state index is 7.43. The van der Waals surface area contributed by atoms with E-state index in [1.807, 2.05) is 22.8 Å². The monoisotopic (exact) mass is 812 g/mol. The molecule has 0 aliphatic heterocycles. The van der Waals surface area contributed by atoms with Gasteiger partial charge in [0.2, 0.25) is 0 Å². The highest BCUT2D eigenvalue weighted by molar-refractivity contribution is 7.25. The summed E-state index contributed by atoms with van der Waals surface area (Å²) in [7, 11) is 48.9. The summed E-state index contributed by atoms with van der Waals surface area (Å²) in [5.74, 6) is 0. The van der Waals surface area contributed by atoms with Gasteiger partial charge >= 0.3 is 0 Å². The summed E-state index contributed by atoms with van der Waals surface area (Å²) >= 11 is 1.71. The van der Waals surface area contributed by atoms with E-state index in [4.69, 9.17) is 54.9 Å². The van der Waals surface area contributed by atoms with Gasteiger partial charge in [-0.1, -0.05) is 137 Å². The van der Waals surface area contributed by atoms with Gasteiger partial charge in [-0.3, -0.25) is 0 Å². The summed E-state index contributed by atoms with van der Waals surface area (Å²) in [5.41, 5.74) is 12.9. The Morgan fingerprint density at radius 2 is 0.844 bits per heavy atom. The van der Waals surface area contributed by atoms with Gasteiger partial charge < -0.3 is 9.13 Å². The molecule has 0 saturated heterocycles. The molecule has 0 N–H and O–H groups in total. The predicted octanol–water partition coefficient (Wildman–Crippen LogP) is 6.81. The molecule has 0 spiro atoms. The van der Waals surface area contributed by atoms with Crippen molar-refractivity contribution in [3.8, 4) is 44.8 Å². The number of aromatic nitrogens is 2. The third-order valence-electron chi connectivity index (χ3n) is 12.9. The third kappa shape index (κ3) is 5.68. The molecule has 64 heavy (non-hydrogen) atoms. The fraction of sp³-hybridized carbons (Fsp3) is 0. The zero-order valence-electron chi connectivity index (χ0n) is 34.4. The molecule has 0 aliphatic carbocycles. The lowest BCUT2D eigenvalue weighted by Crippen LogP contribution is -2.48. The highest BCUT2D eigenvalue weighted by Gasteiger charge is 2.25. The van der Waals surface area contributed by atoms with Gasteiger partial charge in [-0.15, -0.1) is 22.3 Å². The summed E-state index contributed by atoms with van der Waals surface area (Å²) in [5, 5.41) is 5.58. The lowest BCUT2D eigenvalue weighted by atomic mass is 9.64. The molecule has 12 rings (SSSR count). The summed E-state index contributed by atoms with van der Waals surface area (Å²) in [6, 6.07) is 57.1. The molecule has 3 aromatic heterocycles. The maximum Gasteiger partial charge on any atom is 0.115 e. The first-order chi connectivity index (χ1) is 31.2. The molecule has 10 heteroatoms. The maximum absolute atomic E-state index is 7.43. The Hall–Kier alpha value is -6.75. The van der Waals surface area contributed by atoms with Crippen molar-refractivity contribution < 1.29 is 0 Å². The van der Waals surface area contributed by atoms with Gasteiger partial charge in [-0.25, -0.2) is 0 Å². The lowest BCUT2D eigenvalue weighted by Gasteiger charge is -2.19. The van der Waals surface area contributed by atoms with E-state index in [2.05, 4.69) is 150 Å². The largest absolute Gasteiger partial charge is 0.310 e. The Bertz CT molecular complexity index is 3930. The molecule has 280 valence electrons. The topological polar surface area (TPSA) is 9.86 Å². The minimum absolute atomic E-state index is 0.181. The third-order valence-corrected chi connectivity index (χ3v) is 14.0. The first-order valence-electron chi connectivity index (χ1n) is 21.0. The summed E-state index contributed by atoms with van der Waals surface area (Å²) in [4.78, 5) is 0. The molecule has 0 aliphatic rings. The van der Waals surface area contributed by atoms with Gasteiger partial charge in [0, 0.05) is 58.7 Å². The molecular formula is C54H27B7N2S. The van der Waals surface area contributed by atoms with Crippen LogP contribution in [-0.2, 0) is 0 Å². The van der Waals surface area contributed by atoms with E-state index in [-0.39, 0.29) is 21.9 Å². The van der Waals surface area contributed by atoms with E-state index < -0.39 is 0 Å². The molecule has 3 heterocycles. The van der Waals surface area contributed by atoms with Crippen LogP contribution in [0.15, 0.2) is 164 Å². The Labute approximate surface area is 383 Å². The minimum atomic E-state index is 0.181.